The van der Waals surface area contributed by atoms with Crippen molar-refractivity contribution in [2.24, 2.45) is 0 Å². The minimum atomic E-state index is 0.0663. The number of carbonyl (C=O) groups excluding carboxylic acids is 1. The van der Waals surface area contributed by atoms with Crippen LogP contribution in [0.15, 0.2) is 41.9 Å². The molecular formula is C20H24O4. The molecular weight excluding hydrogens is 304 g/mol. The van der Waals surface area contributed by atoms with Crippen LogP contribution in [0.1, 0.15) is 50.5 Å². The Balaban J connectivity index is 1.87. The van der Waals surface area contributed by atoms with Crippen molar-refractivity contribution in [3.8, 4) is 11.5 Å². The number of Topliss-reactive ketones (excluding diaryl/α,β-unsaturated/α-hetero) is 1. The Morgan fingerprint density at radius 3 is 2.92 bits per heavy atom. The molecule has 4 heteroatoms. The first-order valence-electron chi connectivity index (χ1n) is 8.65. The second-order valence-corrected chi connectivity index (χ2v) is 6.17. The zero-order chi connectivity index (χ0) is 16.9. The summed E-state index contributed by atoms with van der Waals surface area (Å²) in [5.41, 5.74) is 2.17. The molecule has 0 bridgehead atoms. The van der Waals surface area contributed by atoms with Gasteiger partial charge >= 0.3 is 0 Å². The molecule has 3 rings (SSSR count). The Bertz CT molecular complexity index is 672. The fourth-order valence-corrected chi connectivity index (χ4v) is 3.22. The summed E-state index contributed by atoms with van der Waals surface area (Å²) in [6.07, 6.45) is 8.11. The van der Waals surface area contributed by atoms with E-state index in [2.05, 4.69) is 6.92 Å². The van der Waals surface area contributed by atoms with Crippen LogP contribution < -0.4 is 9.47 Å². The van der Waals surface area contributed by atoms with E-state index in [1.807, 2.05) is 24.3 Å². The highest BCUT2D eigenvalue weighted by Crippen LogP contribution is 2.41. The predicted octanol–water partition coefficient (Wildman–Crippen LogP) is 4.51. The lowest BCUT2D eigenvalue weighted by atomic mass is 9.82. The van der Waals surface area contributed by atoms with Gasteiger partial charge in [0.05, 0.1) is 20.0 Å². The molecule has 0 saturated carbocycles. The van der Waals surface area contributed by atoms with Crippen molar-refractivity contribution in [2.75, 3.05) is 13.7 Å². The largest absolute Gasteiger partial charge is 0.493 e. The summed E-state index contributed by atoms with van der Waals surface area (Å²) in [6, 6.07) is 6.01. The zero-order valence-electron chi connectivity index (χ0n) is 14.3. The standard InChI is InChI=1S/C20H24O4/c1-3-4-11-23-18-9-8-14(13-19(18)22-2)15-10-12-24-20-16(15)6-5-7-17(20)21/h8-10,12-13,15H,3-7,11H2,1-2H3/t15-/m1/s1. The Kier molecular flexibility index (Phi) is 5.24. The lowest BCUT2D eigenvalue weighted by Crippen LogP contribution is -2.19. The topological polar surface area (TPSA) is 44.8 Å². The number of rotatable bonds is 6. The summed E-state index contributed by atoms with van der Waals surface area (Å²) in [5.74, 6) is 2.21. The highest BCUT2D eigenvalue weighted by atomic mass is 16.5. The monoisotopic (exact) mass is 328 g/mol. The summed E-state index contributed by atoms with van der Waals surface area (Å²) < 4.78 is 16.8. The third-order valence-electron chi connectivity index (χ3n) is 4.53. The van der Waals surface area contributed by atoms with Crippen LogP contribution in [0, 0.1) is 0 Å². The number of allylic oxidation sites excluding steroid dienone is 3. The van der Waals surface area contributed by atoms with E-state index in [1.54, 1.807) is 13.4 Å². The normalized spacial score (nSPS) is 19.8. The van der Waals surface area contributed by atoms with Gasteiger partial charge in [0.25, 0.3) is 0 Å². The molecule has 1 aliphatic carbocycles. The predicted molar refractivity (Wildman–Crippen MR) is 92.2 cm³/mol. The molecule has 1 atom stereocenters. The lowest BCUT2D eigenvalue weighted by Gasteiger charge is -2.27. The van der Waals surface area contributed by atoms with Gasteiger partial charge < -0.3 is 14.2 Å². The van der Waals surface area contributed by atoms with Gasteiger partial charge in [-0.3, -0.25) is 4.79 Å². The number of ether oxygens (including phenoxy) is 3. The van der Waals surface area contributed by atoms with E-state index in [1.165, 1.54) is 0 Å². The molecule has 0 aromatic heterocycles. The van der Waals surface area contributed by atoms with E-state index in [-0.39, 0.29) is 11.7 Å². The first-order chi connectivity index (χ1) is 11.7. The minimum Gasteiger partial charge on any atom is -0.493 e. The molecule has 0 unspecified atom stereocenters. The summed E-state index contributed by atoms with van der Waals surface area (Å²) >= 11 is 0. The average molecular weight is 328 g/mol. The molecule has 0 radical (unpaired) electrons. The van der Waals surface area contributed by atoms with Gasteiger partial charge in [-0.25, -0.2) is 0 Å². The van der Waals surface area contributed by atoms with Crippen molar-refractivity contribution < 1.29 is 19.0 Å². The molecule has 1 aromatic carbocycles. The quantitative estimate of drug-likeness (QED) is 0.721. The summed E-state index contributed by atoms with van der Waals surface area (Å²) in [5, 5.41) is 0. The van der Waals surface area contributed by atoms with Crippen LogP contribution >= 0.6 is 0 Å². The van der Waals surface area contributed by atoms with Gasteiger partial charge in [0.15, 0.2) is 23.0 Å². The number of methoxy groups -OCH3 is 1. The van der Waals surface area contributed by atoms with E-state index < -0.39 is 0 Å². The van der Waals surface area contributed by atoms with Gasteiger partial charge in [0.2, 0.25) is 0 Å². The molecule has 128 valence electrons. The van der Waals surface area contributed by atoms with Gasteiger partial charge in [-0.2, -0.15) is 0 Å². The van der Waals surface area contributed by atoms with Crippen LogP contribution in [0.3, 0.4) is 0 Å². The third-order valence-corrected chi connectivity index (χ3v) is 4.53. The first kappa shape index (κ1) is 16.6. The summed E-state index contributed by atoms with van der Waals surface area (Å²) in [4.78, 5) is 12.1. The molecule has 0 amide bonds. The molecule has 0 saturated heterocycles. The number of ketones is 1. The van der Waals surface area contributed by atoms with Gasteiger partial charge in [0, 0.05) is 12.3 Å². The SMILES string of the molecule is CCCCOc1ccc([C@H]2C=COC3=C2CCCC3=O)cc1OC. The molecule has 1 aliphatic heterocycles. The van der Waals surface area contributed by atoms with Gasteiger partial charge in [0.1, 0.15) is 0 Å². The molecule has 4 nitrogen and oxygen atoms in total. The third kappa shape index (κ3) is 3.32. The van der Waals surface area contributed by atoms with E-state index in [4.69, 9.17) is 14.2 Å². The number of unbranched alkanes of at least 4 members (excludes halogenated alkanes) is 1. The smallest absolute Gasteiger partial charge is 0.197 e. The lowest BCUT2D eigenvalue weighted by molar-refractivity contribution is -0.118. The average Bonchev–Trinajstić information content (AvgIpc) is 2.62. The number of hydrogen-bond donors (Lipinski definition) is 0. The molecule has 1 heterocycles. The molecule has 0 fully saturated rings. The van der Waals surface area contributed by atoms with Crippen LogP contribution in [-0.4, -0.2) is 19.5 Å². The Morgan fingerprint density at radius 1 is 1.25 bits per heavy atom. The van der Waals surface area contributed by atoms with Gasteiger partial charge in [-0.05, 0) is 48.6 Å². The molecule has 2 aliphatic rings. The first-order valence-corrected chi connectivity index (χ1v) is 8.65. The maximum Gasteiger partial charge on any atom is 0.197 e. The highest BCUT2D eigenvalue weighted by molar-refractivity contribution is 5.95. The van der Waals surface area contributed by atoms with Crippen molar-refractivity contribution in [3.05, 3.63) is 47.4 Å². The van der Waals surface area contributed by atoms with Gasteiger partial charge in [-0.1, -0.05) is 19.4 Å². The zero-order valence-corrected chi connectivity index (χ0v) is 14.3. The molecule has 0 spiro atoms. The number of benzene rings is 1. The maximum absolute atomic E-state index is 12.1. The van der Waals surface area contributed by atoms with E-state index in [9.17, 15) is 4.79 Å². The maximum atomic E-state index is 12.1. The molecule has 0 N–H and O–H groups in total. The van der Waals surface area contributed by atoms with E-state index >= 15 is 0 Å². The second kappa shape index (κ2) is 7.56. The van der Waals surface area contributed by atoms with Crippen LogP contribution in [0.5, 0.6) is 11.5 Å². The summed E-state index contributed by atoms with van der Waals surface area (Å²) in [7, 11) is 1.65. The minimum absolute atomic E-state index is 0.0663. The Hall–Kier alpha value is -2.23. The van der Waals surface area contributed by atoms with Crippen molar-refractivity contribution in [1.29, 1.82) is 0 Å². The van der Waals surface area contributed by atoms with E-state index in [0.717, 1.165) is 48.3 Å². The molecule has 1 aromatic rings. The Labute approximate surface area is 143 Å². The van der Waals surface area contributed by atoms with Crippen molar-refractivity contribution in [1.82, 2.24) is 0 Å². The number of hydrogen-bond acceptors (Lipinski definition) is 4. The Morgan fingerprint density at radius 2 is 2.12 bits per heavy atom. The summed E-state index contributed by atoms with van der Waals surface area (Å²) in [6.45, 7) is 2.82. The fourth-order valence-electron chi connectivity index (χ4n) is 3.22. The van der Waals surface area contributed by atoms with Crippen molar-refractivity contribution in [3.63, 3.8) is 0 Å². The highest BCUT2D eigenvalue weighted by Gasteiger charge is 2.30. The molecule has 24 heavy (non-hydrogen) atoms. The van der Waals surface area contributed by atoms with Crippen LogP contribution in [0.25, 0.3) is 0 Å². The van der Waals surface area contributed by atoms with E-state index in [0.29, 0.717) is 18.8 Å². The number of carbonyl (C=O) groups is 1. The van der Waals surface area contributed by atoms with Crippen molar-refractivity contribution in [2.45, 2.75) is 44.9 Å². The van der Waals surface area contributed by atoms with Crippen molar-refractivity contribution >= 4 is 5.78 Å². The van der Waals surface area contributed by atoms with Gasteiger partial charge in [-0.15, -0.1) is 0 Å². The van der Waals surface area contributed by atoms with Crippen LogP contribution in [0.4, 0.5) is 0 Å². The fraction of sp³-hybridized carbons (Fsp3) is 0.450. The van der Waals surface area contributed by atoms with Crippen LogP contribution in [-0.2, 0) is 9.53 Å². The van der Waals surface area contributed by atoms with Crippen LogP contribution in [0.2, 0.25) is 0 Å². The second-order valence-electron chi connectivity index (χ2n) is 6.17.